The number of pyridine rings is 1. The normalized spacial score (nSPS) is 22.4. The number of aromatic nitrogens is 1. The highest BCUT2D eigenvalue weighted by Gasteiger charge is 2.37. The predicted octanol–water partition coefficient (Wildman–Crippen LogP) is 2.75. The fraction of sp³-hybridized carbons (Fsp3) is 0.571. The first-order chi connectivity index (χ1) is 8.08. The van der Waals surface area contributed by atoms with Gasteiger partial charge in [-0.15, -0.1) is 0 Å². The lowest BCUT2D eigenvalue weighted by Gasteiger charge is -2.26. The Morgan fingerprint density at radius 1 is 1.53 bits per heavy atom. The maximum atomic E-state index is 11.8. The monoisotopic (exact) mass is 233 g/mol. The van der Waals surface area contributed by atoms with Gasteiger partial charge in [0.05, 0.1) is 12.1 Å². The van der Waals surface area contributed by atoms with Crippen LogP contribution in [0.2, 0.25) is 0 Å². The third-order valence-corrected chi connectivity index (χ3v) is 3.48. The van der Waals surface area contributed by atoms with Crippen LogP contribution in [0.25, 0.3) is 0 Å². The number of rotatable bonds is 3. The highest BCUT2D eigenvalue weighted by atomic mass is 16.5. The van der Waals surface area contributed by atoms with Gasteiger partial charge in [-0.05, 0) is 31.4 Å². The number of ether oxygens (including phenoxy) is 1. The largest absolute Gasteiger partial charge is 0.462 e. The third kappa shape index (κ3) is 3.05. The van der Waals surface area contributed by atoms with Crippen molar-refractivity contribution in [1.82, 2.24) is 4.98 Å². The van der Waals surface area contributed by atoms with Crippen molar-refractivity contribution in [3.05, 3.63) is 30.1 Å². The standard InChI is InChI=1S/C14H19NO2/c1-14(2)8-5-7-12(14)17-13(16)10-11-6-3-4-9-15-11/h3-4,6,9,12H,5,7-8,10H2,1-2H3. The Bertz CT molecular complexity index is 386. The molecule has 1 aromatic rings. The molecule has 2 rings (SSSR count). The Morgan fingerprint density at radius 3 is 2.94 bits per heavy atom. The predicted molar refractivity (Wildman–Crippen MR) is 65.5 cm³/mol. The van der Waals surface area contributed by atoms with Gasteiger partial charge < -0.3 is 4.74 Å². The molecule has 1 heterocycles. The second-order valence-corrected chi connectivity index (χ2v) is 5.36. The lowest BCUT2D eigenvalue weighted by molar-refractivity contribution is -0.152. The van der Waals surface area contributed by atoms with E-state index in [4.69, 9.17) is 4.74 Å². The van der Waals surface area contributed by atoms with E-state index in [1.807, 2.05) is 18.2 Å². The summed E-state index contributed by atoms with van der Waals surface area (Å²) in [4.78, 5) is 15.9. The molecule has 0 aromatic carbocycles. The number of hydrogen-bond acceptors (Lipinski definition) is 3. The van der Waals surface area contributed by atoms with E-state index in [2.05, 4.69) is 18.8 Å². The van der Waals surface area contributed by atoms with E-state index in [0.717, 1.165) is 25.0 Å². The molecule has 0 spiro atoms. The molecule has 0 amide bonds. The van der Waals surface area contributed by atoms with E-state index in [-0.39, 0.29) is 23.9 Å². The molecule has 1 unspecified atom stereocenters. The molecule has 0 aliphatic heterocycles. The maximum Gasteiger partial charge on any atom is 0.312 e. The average Bonchev–Trinajstić information content (AvgIpc) is 2.59. The molecule has 0 saturated heterocycles. The molecule has 3 nitrogen and oxygen atoms in total. The van der Waals surface area contributed by atoms with Gasteiger partial charge in [0, 0.05) is 11.6 Å². The molecular weight excluding hydrogens is 214 g/mol. The van der Waals surface area contributed by atoms with E-state index in [1.54, 1.807) is 6.20 Å². The zero-order valence-corrected chi connectivity index (χ0v) is 10.5. The first kappa shape index (κ1) is 12.1. The molecule has 1 aromatic heterocycles. The van der Waals surface area contributed by atoms with Crippen LogP contribution in [0.4, 0.5) is 0 Å². The first-order valence-corrected chi connectivity index (χ1v) is 6.17. The van der Waals surface area contributed by atoms with E-state index >= 15 is 0 Å². The average molecular weight is 233 g/mol. The number of nitrogens with zero attached hydrogens (tertiary/aromatic N) is 1. The topological polar surface area (TPSA) is 39.2 Å². The van der Waals surface area contributed by atoms with Gasteiger partial charge in [0.25, 0.3) is 0 Å². The molecule has 3 heteroatoms. The smallest absolute Gasteiger partial charge is 0.312 e. The van der Waals surface area contributed by atoms with Gasteiger partial charge in [-0.3, -0.25) is 9.78 Å². The minimum absolute atomic E-state index is 0.0683. The van der Waals surface area contributed by atoms with Crippen LogP contribution < -0.4 is 0 Å². The Balaban J connectivity index is 1.90. The van der Waals surface area contributed by atoms with Crippen molar-refractivity contribution in [2.45, 2.75) is 45.6 Å². The minimum atomic E-state index is -0.163. The van der Waals surface area contributed by atoms with E-state index in [1.165, 1.54) is 0 Å². The highest BCUT2D eigenvalue weighted by Crippen LogP contribution is 2.39. The van der Waals surface area contributed by atoms with Crippen LogP contribution in [-0.4, -0.2) is 17.1 Å². The highest BCUT2D eigenvalue weighted by molar-refractivity contribution is 5.72. The SMILES string of the molecule is CC1(C)CCCC1OC(=O)Cc1ccccn1. The fourth-order valence-electron chi connectivity index (χ4n) is 2.36. The molecule has 92 valence electrons. The van der Waals surface area contributed by atoms with Crippen molar-refractivity contribution in [1.29, 1.82) is 0 Å². The van der Waals surface area contributed by atoms with Crippen LogP contribution in [0.15, 0.2) is 24.4 Å². The molecule has 17 heavy (non-hydrogen) atoms. The van der Waals surface area contributed by atoms with Gasteiger partial charge in [-0.1, -0.05) is 19.9 Å². The number of esters is 1. The summed E-state index contributed by atoms with van der Waals surface area (Å²) in [6, 6.07) is 5.57. The van der Waals surface area contributed by atoms with Gasteiger partial charge in [-0.2, -0.15) is 0 Å². The molecule has 0 radical (unpaired) electrons. The Morgan fingerprint density at radius 2 is 2.35 bits per heavy atom. The third-order valence-electron chi connectivity index (χ3n) is 3.48. The number of hydrogen-bond donors (Lipinski definition) is 0. The van der Waals surface area contributed by atoms with Gasteiger partial charge >= 0.3 is 5.97 Å². The van der Waals surface area contributed by atoms with Crippen molar-refractivity contribution in [3.8, 4) is 0 Å². The molecule has 0 N–H and O–H groups in total. The Kier molecular flexibility index (Phi) is 3.46. The Labute approximate surface area is 102 Å². The quantitative estimate of drug-likeness (QED) is 0.753. The summed E-state index contributed by atoms with van der Waals surface area (Å²) in [7, 11) is 0. The van der Waals surface area contributed by atoms with Gasteiger partial charge in [0.2, 0.25) is 0 Å². The van der Waals surface area contributed by atoms with Crippen LogP contribution >= 0.6 is 0 Å². The maximum absolute atomic E-state index is 11.8. The molecule has 1 aliphatic rings. The fourth-order valence-corrected chi connectivity index (χ4v) is 2.36. The summed E-state index contributed by atoms with van der Waals surface area (Å²) in [6.45, 7) is 4.33. The van der Waals surface area contributed by atoms with Crippen molar-refractivity contribution < 1.29 is 9.53 Å². The summed E-state index contributed by atoms with van der Waals surface area (Å²) in [5, 5.41) is 0. The molecular formula is C14H19NO2. The lowest BCUT2D eigenvalue weighted by atomic mass is 9.89. The molecule has 1 atom stereocenters. The summed E-state index contributed by atoms with van der Waals surface area (Å²) < 4.78 is 5.55. The lowest BCUT2D eigenvalue weighted by Crippen LogP contribution is -2.29. The zero-order chi connectivity index (χ0) is 12.3. The van der Waals surface area contributed by atoms with Crippen molar-refractivity contribution >= 4 is 5.97 Å². The molecule has 0 bridgehead atoms. The van der Waals surface area contributed by atoms with Crippen LogP contribution in [0, 0.1) is 5.41 Å². The Hall–Kier alpha value is -1.38. The second kappa shape index (κ2) is 4.86. The van der Waals surface area contributed by atoms with Crippen molar-refractivity contribution in [3.63, 3.8) is 0 Å². The summed E-state index contributed by atoms with van der Waals surface area (Å²) in [5.41, 5.74) is 0.896. The summed E-state index contributed by atoms with van der Waals surface area (Å²) in [6.07, 6.45) is 5.30. The van der Waals surface area contributed by atoms with Crippen molar-refractivity contribution in [2.24, 2.45) is 5.41 Å². The zero-order valence-electron chi connectivity index (χ0n) is 10.5. The summed E-state index contributed by atoms with van der Waals surface area (Å²) in [5.74, 6) is -0.163. The molecule has 1 saturated carbocycles. The van der Waals surface area contributed by atoms with E-state index in [9.17, 15) is 4.79 Å². The second-order valence-electron chi connectivity index (χ2n) is 5.36. The summed E-state index contributed by atoms with van der Waals surface area (Å²) >= 11 is 0. The van der Waals surface area contributed by atoms with Crippen LogP contribution in [0.1, 0.15) is 38.8 Å². The van der Waals surface area contributed by atoms with E-state index < -0.39 is 0 Å². The molecule has 1 aliphatic carbocycles. The van der Waals surface area contributed by atoms with Gasteiger partial charge in [-0.25, -0.2) is 0 Å². The molecule has 1 fully saturated rings. The number of carbonyl (C=O) groups is 1. The first-order valence-electron chi connectivity index (χ1n) is 6.17. The van der Waals surface area contributed by atoms with Crippen molar-refractivity contribution in [2.75, 3.05) is 0 Å². The van der Waals surface area contributed by atoms with Crippen LogP contribution in [0.3, 0.4) is 0 Å². The van der Waals surface area contributed by atoms with Gasteiger partial charge in [0.15, 0.2) is 0 Å². The number of carbonyl (C=O) groups excluding carboxylic acids is 1. The van der Waals surface area contributed by atoms with E-state index in [0.29, 0.717) is 0 Å². The van der Waals surface area contributed by atoms with Crippen LogP contribution in [0.5, 0.6) is 0 Å². The minimum Gasteiger partial charge on any atom is -0.462 e. The van der Waals surface area contributed by atoms with Gasteiger partial charge in [0.1, 0.15) is 6.10 Å². The van der Waals surface area contributed by atoms with Crippen LogP contribution in [-0.2, 0) is 16.0 Å².